The molecule has 3 heteroatoms. The second kappa shape index (κ2) is 6.80. The molecule has 3 nitrogen and oxygen atoms in total. The molecule has 0 aromatic heterocycles. The Hall–Kier alpha value is -1.22. The topological polar surface area (TPSA) is 47.3 Å². The van der Waals surface area contributed by atoms with Crippen LogP contribution in [0, 0.1) is 12.8 Å². The predicted octanol–water partition coefficient (Wildman–Crippen LogP) is 3.32. The number of nitrogens with two attached hydrogens (primary N) is 1. The van der Waals surface area contributed by atoms with E-state index in [-0.39, 0.29) is 0 Å². The third-order valence-corrected chi connectivity index (χ3v) is 3.96. The van der Waals surface area contributed by atoms with Gasteiger partial charge in [0.1, 0.15) is 5.75 Å². The van der Waals surface area contributed by atoms with Gasteiger partial charge in [-0.25, -0.2) is 0 Å². The van der Waals surface area contributed by atoms with Gasteiger partial charge in [-0.3, -0.25) is 0 Å². The van der Waals surface area contributed by atoms with Crippen molar-refractivity contribution in [1.29, 1.82) is 0 Å². The molecule has 1 fully saturated rings. The van der Waals surface area contributed by atoms with Crippen molar-refractivity contribution in [3.8, 4) is 5.75 Å². The summed E-state index contributed by atoms with van der Waals surface area (Å²) in [5.74, 6) is 1.75. The third kappa shape index (κ3) is 4.13. The number of ether oxygens (including phenoxy) is 1. The highest BCUT2D eigenvalue weighted by molar-refractivity contribution is 5.50. The van der Waals surface area contributed by atoms with Crippen molar-refractivity contribution in [3.05, 3.63) is 23.8 Å². The van der Waals surface area contributed by atoms with Crippen LogP contribution in [0.15, 0.2) is 18.2 Å². The van der Waals surface area contributed by atoms with Gasteiger partial charge in [-0.05, 0) is 69.2 Å². The van der Waals surface area contributed by atoms with E-state index >= 15 is 0 Å². The van der Waals surface area contributed by atoms with E-state index in [9.17, 15) is 0 Å². The number of hydrogen-bond acceptors (Lipinski definition) is 3. The van der Waals surface area contributed by atoms with Gasteiger partial charge in [0, 0.05) is 18.3 Å². The van der Waals surface area contributed by atoms with Crippen molar-refractivity contribution in [2.24, 2.45) is 11.7 Å². The lowest BCUT2D eigenvalue weighted by Crippen LogP contribution is -2.29. The molecule has 1 aromatic rings. The highest BCUT2D eigenvalue weighted by Gasteiger charge is 2.18. The maximum absolute atomic E-state index is 5.93. The standard InChI is InChI=1S/C16H26N2O/c1-3-19-16-9-8-15(10-12(16)2)18-11-13-4-6-14(17)7-5-13/h8-10,13-14,18H,3-7,11,17H2,1-2H3. The molecule has 0 heterocycles. The van der Waals surface area contributed by atoms with Crippen LogP contribution in [0.4, 0.5) is 5.69 Å². The van der Waals surface area contributed by atoms with E-state index in [0.29, 0.717) is 6.04 Å². The van der Waals surface area contributed by atoms with Crippen molar-refractivity contribution < 1.29 is 4.74 Å². The Morgan fingerprint density at radius 3 is 2.63 bits per heavy atom. The SMILES string of the molecule is CCOc1ccc(NCC2CCC(N)CC2)cc1C. The molecule has 1 aliphatic rings. The summed E-state index contributed by atoms with van der Waals surface area (Å²) in [7, 11) is 0. The van der Waals surface area contributed by atoms with Crippen molar-refractivity contribution in [2.75, 3.05) is 18.5 Å². The quantitative estimate of drug-likeness (QED) is 0.855. The molecule has 0 amide bonds. The van der Waals surface area contributed by atoms with E-state index in [1.807, 2.05) is 6.92 Å². The summed E-state index contributed by atoms with van der Waals surface area (Å²) in [4.78, 5) is 0. The molecule has 0 aliphatic heterocycles. The lowest BCUT2D eigenvalue weighted by molar-refractivity contribution is 0.337. The summed E-state index contributed by atoms with van der Waals surface area (Å²) in [6.45, 7) is 5.88. The molecule has 106 valence electrons. The Morgan fingerprint density at radius 2 is 2.00 bits per heavy atom. The minimum atomic E-state index is 0.434. The predicted molar refractivity (Wildman–Crippen MR) is 80.8 cm³/mol. The van der Waals surface area contributed by atoms with E-state index < -0.39 is 0 Å². The summed E-state index contributed by atoms with van der Waals surface area (Å²) in [6, 6.07) is 6.76. The summed E-state index contributed by atoms with van der Waals surface area (Å²) in [5.41, 5.74) is 8.32. The molecule has 3 N–H and O–H groups in total. The highest BCUT2D eigenvalue weighted by Crippen LogP contribution is 2.25. The molecule has 1 aliphatic carbocycles. The Labute approximate surface area is 116 Å². The van der Waals surface area contributed by atoms with Gasteiger partial charge in [-0.2, -0.15) is 0 Å². The van der Waals surface area contributed by atoms with Crippen LogP contribution in [0.25, 0.3) is 0 Å². The van der Waals surface area contributed by atoms with Gasteiger partial charge in [-0.15, -0.1) is 0 Å². The van der Waals surface area contributed by atoms with Crippen LogP contribution in [0.2, 0.25) is 0 Å². The zero-order valence-corrected chi connectivity index (χ0v) is 12.1. The molecule has 0 spiro atoms. The zero-order chi connectivity index (χ0) is 13.7. The fourth-order valence-electron chi connectivity index (χ4n) is 2.73. The van der Waals surface area contributed by atoms with Crippen LogP contribution in [-0.4, -0.2) is 19.2 Å². The third-order valence-electron chi connectivity index (χ3n) is 3.96. The zero-order valence-electron chi connectivity index (χ0n) is 12.1. The van der Waals surface area contributed by atoms with Crippen molar-refractivity contribution in [1.82, 2.24) is 0 Å². The van der Waals surface area contributed by atoms with Crippen molar-refractivity contribution >= 4 is 5.69 Å². The molecule has 0 unspecified atom stereocenters. The van der Waals surface area contributed by atoms with Crippen LogP contribution in [0.5, 0.6) is 5.75 Å². The second-order valence-electron chi connectivity index (χ2n) is 5.57. The number of rotatable bonds is 5. The molecule has 0 radical (unpaired) electrons. The van der Waals surface area contributed by atoms with Crippen molar-refractivity contribution in [3.63, 3.8) is 0 Å². The number of hydrogen-bond donors (Lipinski definition) is 2. The number of aryl methyl sites for hydroxylation is 1. The summed E-state index contributed by atoms with van der Waals surface area (Å²) >= 11 is 0. The van der Waals surface area contributed by atoms with Gasteiger partial charge in [-0.1, -0.05) is 0 Å². The molecule has 1 aromatic carbocycles. The lowest BCUT2D eigenvalue weighted by Gasteiger charge is -2.26. The molecule has 0 saturated heterocycles. The second-order valence-corrected chi connectivity index (χ2v) is 5.57. The van der Waals surface area contributed by atoms with E-state index in [1.54, 1.807) is 0 Å². The van der Waals surface area contributed by atoms with Gasteiger partial charge in [0.05, 0.1) is 6.61 Å². The maximum atomic E-state index is 5.93. The normalized spacial score (nSPS) is 23.1. The summed E-state index contributed by atoms with van der Waals surface area (Å²) in [5, 5.41) is 3.54. The maximum Gasteiger partial charge on any atom is 0.122 e. The molecule has 2 rings (SSSR count). The van der Waals surface area contributed by atoms with Crippen LogP contribution < -0.4 is 15.8 Å². The monoisotopic (exact) mass is 262 g/mol. The van der Waals surface area contributed by atoms with Gasteiger partial charge in [0.15, 0.2) is 0 Å². The highest BCUT2D eigenvalue weighted by atomic mass is 16.5. The first-order valence-corrected chi connectivity index (χ1v) is 7.42. The van der Waals surface area contributed by atoms with Crippen LogP contribution >= 0.6 is 0 Å². The van der Waals surface area contributed by atoms with E-state index in [1.165, 1.54) is 36.9 Å². The fraction of sp³-hybridized carbons (Fsp3) is 0.625. The van der Waals surface area contributed by atoms with E-state index in [0.717, 1.165) is 24.8 Å². The van der Waals surface area contributed by atoms with Gasteiger partial charge in [0.2, 0.25) is 0 Å². The largest absolute Gasteiger partial charge is 0.494 e. The van der Waals surface area contributed by atoms with E-state index in [4.69, 9.17) is 10.5 Å². The fourth-order valence-corrected chi connectivity index (χ4v) is 2.73. The molecule has 0 atom stereocenters. The average Bonchev–Trinajstić information content (AvgIpc) is 2.41. The van der Waals surface area contributed by atoms with Gasteiger partial charge in [0.25, 0.3) is 0 Å². The van der Waals surface area contributed by atoms with Gasteiger partial charge >= 0.3 is 0 Å². The minimum absolute atomic E-state index is 0.434. The Bertz CT molecular complexity index is 398. The molecule has 19 heavy (non-hydrogen) atoms. The van der Waals surface area contributed by atoms with Gasteiger partial charge < -0.3 is 15.8 Å². The van der Waals surface area contributed by atoms with Crippen LogP contribution in [0.3, 0.4) is 0 Å². The summed E-state index contributed by atoms with van der Waals surface area (Å²) in [6.07, 6.45) is 4.86. The Balaban J connectivity index is 1.84. The number of benzene rings is 1. The first kappa shape index (κ1) is 14.2. The van der Waals surface area contributed by atoms with E-state index in [2.05, 4.69) is 30.4 Å². The summed E-state index contributed by atoms with van der Waals surface area (Å²) < 4.78 is 5.56. The Morgan fingerprint density at radius 1 is 1.26 bits per heavy atom. The lowest BCUT2D eigenvalue weighted by atomic mass is 9.86. The number of nitrogens with one attached hydrogen (secondary N) is 1. The number of anilines is 1. The van der Waals surface area contributed by atoms with Crippen LogP contribution in [0.1, 0.15) is 38.2 Å². The molecular formula is C16H26N2O. The molecule has 1 saturated carbocycles. The van der Waals surface area contributed by atoms with Crippen molar-refractivity contribution in [2.45, 2.75) is 45.6 Å². The smallest absolute Gasteiger partial charge is 0.122 e. The molecule has 0 bridgehead atoms. The first-order chi connectivity index (χ1) is 9.19. The Kier molecular flexibility index (Phi) is 5.08. The average molecular weight is 262 g/mol. The minimum Gasteiger partial charge on any atom is -0.494 e. The first-order valence-electron chi connectivity index (χ1n) is 7.42. The van der Waals surface area contributed by atoms with Crippen LogP contribution in [-0.2, 0) is 0 Å². The molecular weight excluding hydrogens is 236 g/mol.